The number of rotatable bonds is 4. The highest BCUT2D eigenvalue weighted by Gasteiger charge is 2.14. The van der Waals surface area contributed by atoms with Gasteiger partial charge in [0.1, 0.15) is 0 Å². The van der Waals surface area contributed by atoms with E-state index >= 15 is 0 Å². The molecule has 0 bridgehead atoms. The Balaban J connectivity index is 1.67. The van der Waals surface area contributed by atoms with Gasteiger partial charge in [-0.3, -0.25) is 0 Å². The molecular formula is C10H14ClNS2. The fourth-order valence-electron chi connectivity index (χ4n) is 1.59. The maximum absolute atomic E-state index is 5.85. The van der Waals surface area contributed by atoms with Crippen LogP contribution in [0.4, 0.5) is 0 Å². The van der Waals surface area contributed by atoms with Gasteiger partial charge in [0.2, 0.25) is 0 Å². The van der Waals surface area contributed by atoms with Gasteiger partial charge in [0.15, 0.2) is 0 Å². The number of hydrogen-bond acceptors (Lipinski definition) is 3. The molecule has 1 aromatic heterocycles. The van der Waals surface area contributed by atoms with Crippen LogP contribution in [0.1, 0.15) is 11.3 Å². The molecule has 1 saturated heterocycles. The summed E-state index contributed by atoms with van der Waals surface area (Å²) in [5, 5.41) is 6.35. The minimum absolute atomic E-state index is 0.864. The van der Waals surface area contributed by atoms with E-state index in [0.29, 0.717) is 0 Å². The monoisotopic (exact) mass is 247 g/mol. The van der Waals surface area contributed by atoms with Crippen LogP contribution < -0.4 is 5.32 Å². The van der Waals surface area contributed by atoms with Gasteiger partial charge in [0, 0.05) is 16.8 Å². The Morgan fingerprint density at radius 3 is 3.14 bits per heavy atom. The lowest BCUT2D eigenvalue weighted by Gasteiger charge is -2.08. The second-order valence-electron chi connectivity index (χ2n) is 3.59. The van der Waals surface area contributed by atoms with Crippen LogP contribution >= 0.6 is 34.7 Å². The first-order valence-electron chi connectivity index (χ1n) is 4.86. The van der Waals surface area contributed by atoms with Crippen molar-refractivity contribution in [3.8, 4) is 0 Å². The first-order chi connectivity index (χ1) is 6.84. The Morgan fingerprint density at radius 1 is 1.57 bits per heavy atom. The van der Waals surface area contributed by atoms with E-state index < -0.39 is 0 Å². The van der Waals surface area contributed by atoms with E-state index in [9.17, 15) is 0 Å². The summed E-state index contributed by atoms with van der Waals surface area (Å²) in [6.07, 6.45) is 1.38. The lowest BCUT2D eigenvalue weighted by atomic mass is 10.1. The molecule has 0 radical (unpaired) electrons. The van der Waals surface area contributed by atoms with Crippen molar-refractivity contribution in [3.63, 3.8) is 0 Å². The zero-order valence-corrected chi connectivity index (χ0v) is 10.4. The van der Waals surface area contributed by atoms with Gasteiger partial charge < -0.3 is 5.32 Å². The first kappa shape index (κ1) is 10.8. The van der Waals surface area contributed by atoms with Crippen molar-refractivity contribution in [2.75, 3.05) is 18.1 Å². The molecule has 1 atom stereocenters. The summed E-state index contributed by atoms with van der Waals surface area (Å²) in [4.78, 5) is 1.33. The highest BCUT2D eigenvalue weighted by molar-refractivity contribution is 7.99. The second kappa shape index (κ2) is 5.40. The summed E-state index contributed by atoms with van der Waals surface area (Å²) < 4.78 is 0. The number of halogens is 1. The number of nitrogens with one attached hydrogen (secondary N) is 1. The third kappa shape index (κ3) is 3.16. The smallest absolute Gasteiger partial charge is 0.0516 e. The third-order valence-electron chi connectivity index (χ3n) is 2.38. The van der Waals surface area contributed by atoms with Crippen LogP contribution in [-0.4, -0.2) is 18.1 Å². The summed E-state index contributed by atoms with van der Waals surface area (Å²) in [7, 11) is 0. The molecule has 78 valence electrons. The molecule has 14 heavy (non-hydrogen) atoms. The quantitative estimate of drug-likeness (QED) is 0.877. The minimum atomic E-state index is 0.864. The van der Waals surface area contributed by atoms with Gasteiger partial charge in [-0.25, -0.2) is 0 Å². The summed E-state index contributed by atoms with van der Waals surface area (Å²) >= 11 is 9.65. The average molecular weight is 248 g/mol. The number of thioether (sulfide) groups is 1. The molecule has 1 aromatic rings. The van der Waals surface area contributed by atoms with Crippen LogP contribution in [0, 0.1) is 5.92 Å². The summed E-state index contributed by atoms with van der Waals surface area (Å²) in [5.41, 5.74) is 0. The van der Waals surface area contributed by atoms with Crippen molar-refractivity contribution < 1.29 is 0 Å². The number of hydrogen-bond donors (Lipinski definition) is 1. The molecule has 0 aliphatic carbocycles. The first-order valence-corrected chi connectivity index (χ1v) is 7.27. The van der Waals surface area contributed by atoms with E-state index in [1.165, 1.54) is 22.8 Å². The van der Waals surface area contributed by atoms with Crippen molar-refractivity contribution in [1.82, 2.24) is 5.32 Å². The van der Waals surface area contributed by atoms with Crippen molar-refractivity contribution >= 4 is 34.7 Å². The van der Waals surface area contributed by atoms with Gasteiger partial charge in [-0.15, -0.1) is 11.3 Å². The second-order valence-corrected chi connectivity index (χ2v) is 6.17. The van der Waals surface area contributed by atoms with Crippen LogP contribution in [0.3, 0.4) is 0 Å². The van der Waals surface area contributed by atoms with Crippen molar-refractivity contribution in [2.24, 2.45) is 5.92 Å². The molecule has 1 aliphatic heterocycles. The van der Waals surface area contributed by atoms with Crippen LogP contribution in [0.15, 0.2) is 11.4 Å². The Kier molecular flexibility index (Phi) is 4.17. The largest absolute Gasteiger partial charge is 0.312 e. The molecule has 1 N–H and O–H groups in total. The highest BCUT2D eigenvalue weighted by atomic mass is 35.5. The predicted molar refractivity (Wildman–Crippen MR) is 66.5 cm³/mol. The van der Waals surface area contributed by atoms with Gasteiger partial charge in [0.05, 0.1) is 5.02 Å². The lowest BCUT2D eigenvalue weighted by molar-refractivity contribution is 0.525. The molecule has 1 unspecified atom stereocenters. The van der Waals surface area contributed by atoms with Gasteiger partial charge >= 0.3 is 0 Å². The molecule has 1 aliphatic rings. The summed E-state index contributed by atoms with van der Waals surface area (Å²) in [5.74, 6) is 3.56. The van der Waals surface area contributed by atoms with E-state index in [1.54, 1.807) is 11.3 Å². The molecular weight excluding hydrogens is 234 g/mol. The van der Waals surface area contributed by atoms with E-state index in [-0.39, 0.29) is 0 Å². The van der Waals surface area contributed by atoms with Gasteiger partial charge in [-0.05, 0) is 36.5 Å². The zero-order chi connectivity index (χ0) is 9.80. The van der Waals surface area contributed by atoms with E-state index in [1.807, 2.05) is 11.4 Å². The Labute approximate surface area is 98.2 Å². The maximum atomic E-state index is 5.85. The van der Waals surface area contributed by atoms with Crippen LogP contribution in [0.25, 0.3) is 0 Å². The molecule has 1 nitrogen and oxygen atoms in total. The fourth-order valence-corrected chi connectivity index (χ4v) is 3.92. The zero-order valence-electron chi connectivity index (χ0n) is 7.96. The highest BCUT2D eigenvalue weighted by Crippen LogP contribution is 2.23. The van der Waals surface area contributed by atoms with Crippen LogP contribution in [-0.2, 0) is 6.54 Å². The molecule has 0 aromatic carbocycles. The standard InChI is InChI=1S/C10H14ClNS2/c11-9-3-10(14-7-9)5-12-4-8-1-2-13-6-8/h3,7-8,12H,1-2,4-6H2. The Hall–Kier alpha value is 0.300. The molecule has 2 rings (SSSR count). The predicted octanol–water partition coefficient (Wildman–Crippen LogP) is 3.24. The molecule has 0 saturated carbocycles. The molecule has 1 fully saturated rings. The minimum Gasteiger partial charge on any atom is -0.312 e. The van der Waals surface area contributed by atoms with Gasteiger partial charge in [0.25, 0.3) is 0 Å². The number of thiophene rings is 1. The summed E-state index contributed by atoms with van der Waals surface area (Å²) in [6, 6.07) is 2.04. The lowest BCUT2D eigenvalue weighted by Crippen LogP contribution is -2.21. The average Bonchev–Trinajstić information content (AvgIpc) is 2.77. The van der Waals surface area contributed by atoms with Crippen LogP contribution in [0.5, 0.6) is 0 Å². The van der Waals surface area contributed by atoms with Crippen molar-refractivity contribution in [2.45, 2.75) is 13.0 Å². The molecule has 4 heteroatoms. The van der Waals surface area contributed by atoms with E-state index in [4.69, 9.17) is 11.6 Å². The Morgan fingerprint density at radius 2 is 2.50 bits per heavy atom. The molecule has 0 spiro atoms. The van der Waals surface area contributed by atoms with Gasteiger partial charge in [-0.1, -0.05) is 11.6 Å². The summed E-state index contributed by atoms with van der Waals surface area (Å²) in [6.45, 7) is 2.13. The van der Waals surface area contributed by atoms with Gasteiger partial charge in [-0.2, -0.15) is 11.8 Å². The van der Waals surface area contributed by atoms with Crippen LogP contribution in [0.2, 0.25) is 5.02 Å². The molecule has 0 amide bonds. The van der Waals surface area contributed by atoms with Crippen molar-refractivity contribution in [1.29, 1.82) is 0 Å². The maximum Gasteiger partial charge on any atom is 0.0516 e. The third-order valence-corrected chi connectivity index (χ3v) is 4.89. The van der Waals surface area contributed by atoms with E-state index in [2.05, 4.69) is 17.1 Å². The fraction of sp³-hybridized carbons (Fsp3) is 0.600. The SMILES string of the molecule is Clc1csc(CNCC2CCSC2)c1. The normalized spacial score (nSPS) is 21.6. The van der Waals surface area contributed by atoms with Crippen molar-refractivity contribution in [3.05, 3.63) is 21.3 Å². The Bertz CT molecular complexity index is 281. The topological polar surface area (TPSA) is 12.0 Å². The molecule has 2 heterocycles. The van der Waals surface area contributed by atoms with E-state index in [0.717, 1.165) is 24.0 Å².